The first-order chi connectivity index (χ1) is 5.43. The van der Waals surface area contributed by atoms with Crippen molar-refractivity contribution in [1.29, 1.82) is 0 Å². The molecule has 3 nitrogen and oxygen atoms in total. The highest BCUT2D eigenvalue weighted by molar-refractivity contribution is 4.66. The highest BCUT2D eigenvalue weighted by Crippen LogP contribution is 2.10. The molecule has 1 atom stereocenters. The minimum absolute atomic E-state index is 0.276. The van der Waals surface area contributed by atoms with E-state index in [1.54, 1.807) is 0 Å². The first-order valence-corrected chi connectivity index (χ1v) is 4.36. The molecule has 3 heteroatoms. The van der Waals surface area contributed by atoms with Gasteiger partial charge in [0.05, 0.1) is 6.10 Å². The van der Waals surface area contributed by atoms with Crippen molar-refractivity contribution >= 4 is 0 Å². The van der Waals surface area contributed by atoms with E-state index in [4.69, 9.17) is 9.84 Å². The average Bonchev–Trinajstić information content (AvgIpc) is 2.50. The van der Waals surface area contributed by atoms with E-state index in [0.29, 0.717) is 6.10 Å². The zero-order valence-electron chi connectivity index (χ0n) is 6.88. The third-order valence-electron chi connectivity index (χ3n) is 1.91. The van der Waals surface area contributed by atoms with Crippen LogP contribution in [0.15, 0.2) is 0 Å². The van der Waals surface area contributed by atoms with Gasteiger partial charge in [0.1, 0.15) is 0 Å². The summed E-state index contributed by atoms with van der Waals surface area (Å²) in [5.74, 6) is 0. The lowest BCUT2D eigenvalue weighted by Gasteiger charge is -2.09. The van der Waals surface area contributed by atoms with Gasteiger partial charge < -0.3 is 15.2 Å². The number of hydrogen-bond donors (Lipinski definition) is 2. The molecule has 66 valence electrons. The molecule has 11 heavy (non-hydrogen) atoms. The SMILES string of the molecule is OCCCNCC1CCCO1. The van der Waals surface area contributed by atoms with E-state index in [9.17, 15) is 0 Å². The Balaban J connectivity index is 1.86. The molecule has 1 unspecified atom stereocenters. The smallest absolute Gasteiger partial charge is 0.0700 e. The molecule has 0 radical (unpaired) electrons. The van der Waals surface area contributed by atoms with Gasteiger partial charge in [0.2, 0.25) is 0 Å². The first-order valence-electron chi connectivity index (χ1n) is 4.36. The molecule has 0 spiro atoms. The van der Waals surface area contributed by atoms with Crippen molar-refractivity contribution in [3.63, 3.8) is 0 Å². The summed E-state index contributed by atoms with van der Waals surface area (Å²) in [7, 11) is 0. The molecule has 0 aromatic heterocycles. The van der Waals surface area contributed by atoms with Gasteiger partial charge in [-0.05, 0) is 25.8 Å². The van der Waals surface area contributed by atoms with Gasteiger partial charge in [0.15, 0.2) is 0 Å². The Morgan fingerprint density at radius 3 is 3.09 bits per heavy atom. The molecule has 2 N–H and O–H groups in total. The Hall–Kier alpha value is -0.120. The fourth-order valence-electron chi connectivity index (χ4n) is 1.27. The van der Waals surface area contributed by atoms with E-state index in [1.165, 1.54) is 12.8 Å². The Labute approximate surface area is 67.7 Å². The highest BCUT2D eigenvalue weighted by atomic mass is 16.5. The van der Waals surface area contributed by atoms with Crippen molar-refractivity contribution in [1.82, 2.24) is 5.32 Å². The van der Waals surface area contributed by atoms with Crippen LogP contribution >= 0.6 is 0 Å². The van der Waals surface area contributed by atoms with Gasteiger partial charge in [-0.3, -0.25) is 0 Å². The topological polar surface area (TPSA) is 41.5 Å². The van der Waals surface area contributed by atoms with Crippen molar-refractivity contribution in [3.05, 3.63) is 0 Å². The van der Waals surface area contributed by atoms with Crippen LogP contribution in [0.25, 0.3) is 0 Å². The summed E-state index contributed by atoms with van der Waals surface area (Å²) in [6.45, 7) is 3.04. The summed E-state index contributed by atoms with van der Waals surface area (Å²) in [5.41, 5.74) is 0. The largest absolute Gasteiger partial charge is 0.396 e. The van der Waals surface area contributed by atoms with E-state index < -0.39 is 0 Å². The second-order valence-electron chi connectivity index (χ2n) is 2.92. The van der Waals surface area contributed by atoms with Gasteiger partial charge in [0, 0.05) is 19.8 Å². The minimum Gasteiger partial charge on any atom is -0.396 e. The molecule has 0 saturated carbocycles. The van der Waals surface area contributed by atoms with E-state index in [-0.39, 0.29) is 6.61 Å². The Morgan fingerprint density at radius 1 is 1.55 bits per heavy atom. The number of aliphatic hydroxyl groups is 1. The van der Waals surface area contributed by atoms with Gasteiger partial charge in [-0.2, -0.15) is 0 Å². The van der Waals surface area contributed by atoms with E-state index in [2.05, 4.69) is 5.32 Å². The summed E-state index contributed by atoms with van der Waals surface area (Å²) in [6.07, 6.45) is 3.65. The molecule has 1 fully saturated rings. The maximum absolute atomic E-state index is 8.49. The number of hydrogen-bond acceptors (Lipinski definition) is 3. The third-order valence-corrected chi connectivity index (χ3v) is 1.91. The van der Waals surface area contributed by atoms with E-state index in [1.807, 2.05) is 0 Å². The van der Waals surface area contributed by atoms with Crippen LogP contribution in [0.1, 0.15) is 19.3 Å². The van der Waals surface area contributed by atoms with Crippen LogP contribution in [0.4, 0.5) is 0 Å². The predicted octanol–water partition coefficient (Wildman–Crippen LogP) is 0.137. The van der Waals surface area contributed by atoms with Gasteiger partial charge in [0.25, 0.3) is 0 Å². The quantitative estimate of drug-likeness (QED) is 0.561. The van der Waals surface area contributed by atoms with Crippen LogP contribution in [0, 0.1) is 0 Å². The summed E-state index contributed by atoms with van der Waals surface area (Å²) in [6, 6.07) is 0. The molecule has 0 bridgehead atoms. The normalized spacial score (nSPS) is 24.3. The maximum Gasteiger partial charge on any atom is 0.0700 e. The van der Waals surface area contributed by atoms with Gasteiger partial charge in [-0.25, -0.2) is 0 Å². The molecule has 0 aromatic carbocycles. The highest BCUT2D eigenvalue weighted by Gasteiger charge is 2.13. The molecule has 0 aliphatic carbocycles. The molecular weight excluding hydrogens is 142 g/mol. The molecule has 0 aromatic rings. The second-order valence-corrected chi connectivity index (χ2v) is 2.92. The Bertz CT molecular complexity index is 92.1. The molecule has 1 rings (SSSR count). The molecule has 1 aliphatic heterocycles. The van der Waals surface area contributed by atoms with Crippen LogP contribution in [-0.4, -0.2) is 37.5 Å². The summed E-state index contributed by atoms with van der Waals surface area (Å²) in [5, 5.41) is 11.7. The van der Waals surface area contributed by atoms with Crippen molar-refractivity contribution < 1.29 is 9.84 Å². The minimum atomic E-state index is 0.276. The first kappa shape index (κ1) is 8.97. The lowest BCUT2D eigenvalue weighted by Crippen LogP contribution is -2.27. The number of aliphatic hydroxyl groups excluding tert-OH is 1. The van der Waals surface area contributed by atoms with Crippen molar-refractivity contribution in [2.75, 3.05) is 26.3 Å². The molecule has 0 amide bonds. The second kappa shape index (κ2) is 5.52. The monoisotopic (exact) mass is 159 g/mol. The van der Waals surface area contributed by atoms with Gasteiger partial charge in [-0.1, -0.05) is 0 Å². The lowest BCUT2D eigenvalue weighted by atomic mass is 10.2. The number of ether oxygens (including phenoxy) is 1. The zero-order valence-corrected chi connectivity index (χ0v) is 6.88. The predicted molar refractivity (Wildman–Crippen MR) is 43.5 cm³/mol. The Morgan fingerprint density at radius 2 is 2.45 bits per heavy atom. The molecule has 1 saturated heterocycles. The summed E-state index contributed by atoms with van der Waals surface area (Å²) >= 11 is 0. The van der Waals surface area contributed by atoms with Crippen LogP contribution in [0.3, 0.4) is 0 Å². The van der Waals surface area contributed by atoms with Crippen LogP contribution in [0.2, 0.25) is 0 Å². The van der Waals surface area contributed by atoms with Crippen molar-refractivity contribution in [3.8, 4) is 0 Å². The van der Waals surface area contributed by atoms with E-state index >= 15 is 0 Å². The molecule has 1 aliphatic rings. The maximum atomic E-state index is 8.49. The lowest BCUT2D eigenvalue weighted by molar-refractivity contribution is 0.110. The van der Waals surface area contributed by atoms with E-state index in [0.717, 1.165) is 26.1 Å². The zero-order chi connectivity index (χ0) is 7.94. The standard InChI is InChI=1S/C8H17NO2/c10-5-2-4-9-7-8-3-1-6-11-8/h8-10H,1-7H2. The van der Waals surface area contributed by atoms with Crippen LogP contribution in [0.5, 0.6) is 0 Å². The van der Waals surface area contributed by atoms with Crippen molar-refractivity contribution in [2.24, 2.45) is 0 Å². The average molecular weight is 159 g/mol. The Kier molecular flexibility index (Phi) is 4.50. The fourth-order valence-corrected chi connectivity index (χ4v) is 1.27. The third kappa shape index (κ3) is 3.70. The summed E-state index contributed by atoms with van der Waals surface area (Å²) < 4.78 is 5.41. The van der Waals surface area contributed by atoms with Crippen LogP contribution < -0.4 is 5.32 Å². The number of nitrogens with one attached hydrogen (secondary N) is 1. The molecular formula is C8H17NO2. The van der Waals surface area contributed by atoms with Gasteiger partial charge >= 0.3 is 0 Å². The van der Waals surface area contributed by atoms with Gasteiger partial charge in [-0.15, -0.1) is 0 Å². The fraction of sp³-hybridized carbons (Fsp3) is 1.00. The summed E-state index contributed by atoms with van der Waals surface area (Å²) in [4.78, 5) is 0. The molecule has 1 heterocycles. The van der Waals surface area contributed by atoms with Crippen LogP contribution in [-0.2, 0) is 4.74 Å². The van der Waals surface area contributed by atoms with Crippen molar-refractivity contribution in [2.45, 2.75) is 25.4 Å². The number of rotatable bonds is 5.